The van der Waals surface area contributed by atoms with E-state index in [9.17, 15) is 14.4 Å². The molecule has 2 aliphatic heterocycles. The lowest BCUT2D eigenvalue weighted by atomic mass is 9.78. The highest BCUT2D eigenvalue weighted by molar-refractivity contribution is 6.13. The molecule has 2 heterocycles. The maximum atomic E-state index is 13.6. The third kappa shape index (κ3) is 3.07. The number of rotatable bonds is 4. The van der Waals surface area contributed by atoms with Crippen molar-refractivity contribution in [3.05, 3.63) is 59.2 Å². The molecule has 0 spiro atoms. The zero-order valence-electron chi connectivity index (χ0n) is 18.2. The Kier molecular flexibility index (Phi) is 5.21. The van der Waals surface area contributed by atoms with E-state index in [1.807, 2.05) is 13.8 Å². The molecule has 162 valence electrons. The van der Waals surface area contributed by atoms with Crippen molar-refractivity contribution in [2.45, 2.75) is 19.9 Å². The largest absolute Gasteiger partial charge is 0.496 e. The first-order chi connectivity index (χ1) is 14.9. The van der Waals surface area contributed by atoms with Crippen molar-refractivity contribution in [1.82, 2.24) is 9.80 Å². The van der Waals surface area contributed by atoms with Crippen LogP contribution >= 0.6 is 0 Å². The third-order valence-corrected chi connectivity index (χ3v) is 6.48. The lowest BCUT2D eigenvalue weighted by Gasteiger charge is -2.34. The van der Waals surface area contributed by atoms with Crippen LogP contribution in [-0.2, 0) is 0 Å². The number of likely N-dealkylation sites (tertiary alicyclic amines) is 1. The van der Waals surface area contributed by atoms with Gasteiger partial charge in [0, 0.05) is 25.2 Å². The summed E-state index contributed by atoms with van der Waals surface area (Å²) >= 11 is 0. The van der Waals surface area contributed by atoms with E-state index in [1.165, 1.54) is 14.2 Å². The Morgan fingerprint density at radius 1 is 1.03 bits per heavy atom. The smallest absolute Gasteiger partial charge is 0.261 e. The van der Waals surface area contributed by atoms with Crippen LogP contribution in [0.25, 0.3) is 0 Å². The van der Waals surface area contributed by atoms with Crippen LogP contribution in [-0.4, -0.2) is 67.3 Å². The highest BCUT2D eigenvalue weighted by atomic mass is 16.5. The van der Waals surface area contributed by atoms with Crippen LogP contribution in [0.3, 0.4) is 0 Å². The van der Waals surface area contributed by atoms with Gasteiger partial charge in [0.15, 0.2) is 5.78 Å². The number of hydrogen-bond acceptors (Lipinski definition) is 5. The predicted molar refractivity (Wildman–Crippen MR) is 115 cm³/mol. The average Bonchev–Trinajstić information content (AvgIpc) is 3.13. The summed E-state index contributed by atoms with van der Waals surface area (Å²) in [6, 6.07) is 11.7. The fourth-order valence-electron chi connectivity index (χ4n) is 4.85. The van der Waals surface area contributed by atoms with E-state index in [1.54, 1.807) is 52.3 Å². The third-order valence-electron chi connectivity index (χ3n) is 6.48. The summed E-state index contributed by atoms with van der Waals surface area (Å²) < 4.78 is 10.8. The fourth-order valence-corrected chi connectivity index (χ4v) is 4.85. The first-order valence-electron chi connectivity index (χ1n) is 10.3. The number of likely N-dealkylation sites (N-methyl/N-ethyl adjacent to an activating group) is 1. The molecule has 7 heteroatoms. The second-order valence-corrected chi connectivity index (χ2v) is 8.12. The number of methoxy groups -OCH3 is 2. The second-order valence-electron chi connectivity index (χ2n) is 8.12. The van der Waals surface area contributed by atoms with Crippen molar-refractivity contribution in [3.63, 3.8) is 0 Å². The Hall–Kier alpha value is -3.35. The van der Waals surface area contributed by atoms with Gasteiger partial charge in [0.1, 0.15) is 17.1 Å². The van der Waals surface area contributed by atoms with Gasteiger partial charge in [-0.05, 0) is 32.0 Å². The Morgan fingerprint density at radius 2 is 1.65 bits per heavy atom. The summed E-state index contributed by atoms with van der Waals surface area (Å²) in [7, 11) is 3.00. The van der Waals surface area contributed by atoms with Gasteiger partial charge in [0.05, 0.1) is 31.2 Å². The summed E-state index contributed by atoms with van der Waals surface area (Å²) in [6.07, 6.45) is 0. The van der Waals surface area contributed by atoms with Crippen LogP contribution in [0.15, 0.2) is 42.5 Å². The second kappa shape index (κ2) is 7.72. The van der Waals surface area contributed by atoms with Gasteiger partial charge in [0.2, 0.25) is 0 Å². The number of ketones is 1. The molecule has 31 heavy (non-hydrogen) atoms. The molecule has 0 N–H and O–H groups in total. The number of Topliss-reactive ketones (excluding diaryl/α,β-unsaturated/α-hetero) is 1. The Bertz CT molecular complexity index is 1040. The summed E-state index contributed by atoms with van der Waals surface area (Å²) in [5.41, 5.74) is 0.243. The minimum absolute atomic E-state index is 0.111. The lowest BCUT2D eigenvalue weighted by Crippen LogP contribution is -2.49. The van der Waals surface area contributed by atoms with Gasteiger partial charge in [-0.15, -0.1) is 0 Å². The SMILES string of the molecule is CCN1C(=O)c2ccccc2C(=O)[C@@]2(C)CN(C(=O)c3c(OC)cccc3OC)C[C@@H]12. The number of nitrogens with zero attached hydrogens (tertiary/aromatic N) is 2. The Morgan fingerprint density at radius 3 is 2.23 bits per heavy atom. The van der Waals surface area contributed by atoms with E-state index in [4.69, 9.17) is 9.47 Å². The summed E-state index contributed by atoms with van der Waals surface area (Å²) in [5, 5.41) is 0. The predicted octanol–water partition coefficient (Wildman–Crippen LogP) is 2.89. The van der Waals surface area contributed by atoms with E-state index >= 15 is 0 Å². The van der Waals surface area contributed by atoms with E-state index < -0.39 is 11.5 Å². The van der Waals surface area contributed by atoms with E-state index in [0.29, 0.717) is 34.7 Å². The van der Waals surface area contributed by atoms with Crippen LogP contribution in [0.2, 0.25) is 0 Å². The number of amides is 2. The monoisotopic (exact) mass is 422 g/mol. The van der Waals surface area contributed by atoms with Gasteiger partial charge < -0.3 is 19.3 Å². The van der Waals surface area contributed by atoms with Crippen LogP contribution in [0, 0.1) is 5.41 Å². The van der Waals surface area contributed by atoms with Gasteiger partial charge in [-0.25, -0.2) is 0 Å². The van der Waals surface area contributed by atoms with E-state index in [-0.39, 0.29) is 30.7 Å². The van der Waals surface area contributed by atoms with Crippen molar-refractivity contribution >= 4 is 17.6 Å². The molecule has 1 saturated heterocycles. The van der Waals surface area contributed by atoms with Gasteiger partial charge in [-0.3, -0.25) is 14.4 Å². The summed E-state index contributed by atoms with van der Waals surface area (Å²) in [6.45, 7) is 4.65. The first kappa shape index (κ1) is 20.9. The van der Waals surface area contributed by atoms with Crippen LogP contribution in [0.4, 0.5) is 0 Å². The molecule has 2 aliphatic rings. The number of fused-ring (bicyclic) bond motifs is 2. The van der Waals surface area contributed by atoms with Crippen molar-refractivity contribution in [2.24, 2.45) is 5.41 Å². The molecule has 4 rings (SSSR count). The van der Waals surface area contributed by atoms with Gasteiger partial charge in [0.25, 0.3) is 11.8 Å². The van der Waals surface area contributed by atoms with Gasteiger partial charge in [-0.1, -0.05) is 24.3 Å². The molecule has 0 aromatic heterocycles. The van der Waals surface area contributed by atoms with Crippen LogP contribution in [0.1, 0.15) is 44.9 Å². The Labute approximate surface area is 181 Å². The molecule has 0 unspecified atom stereocenters. The molecule has 2 amide bonds. The number of carbonyl (C=O) groups excluding carboxylic acids is 3. The van der Waals surface area contributed by atoms with E-state index in [2.05, 4.69) is 0 Å². The van der Waals surface area contributed by atoms with Crippen LogP contribution in [0.5, 0.6) is 11.5 Å². The maximum absolute atomic E-state index is 13.6. The summed E-state index contributed by atoms with van der Waals surface area (Å²) in [5.74, 6) is 0.237. The minimum Gasteiger partial charge on any atom is -0.496 e. The maximum Gasteiger partial charge on any atom is 0.261 e. The standard InChI is InChI=1S/C24H26N2O5/c1-5-26-19-13-25(23(29)20-17(30-3)11-8-12-18(20)31-4)14-24(19,2)21(27)15-9-6-7-10-16(15)22(26)28/h6-12,19H,5,13-14H2,1-4H3/t19-,24+/m1/s1. The number of benzene rings is 2. The van der Waals surface area contributed by atoms with Crippen molar-refractivity contribution < 1.29 is 23.9 Å². The highest BCUT2D eigenvalue weighted by Crippen LogP contribution is 2.42. The minimum atomic E-state index is -0.914. The first-order valence-corrected chi connectivity index (χ1v) is 10.3. The number of ether oxygens (including phenoxy) is 2. The normalized spacial score (nSPS) is 22.6. The molecule has 0 aliphatic carbocycles. The van der Waals surface area contributed by atoms with Gasteiger partial charge in [-0.2, -0.15) is 0 Å². The molecule has 7 nitrogen and oxygen atoms in total. The van der Waals surface area contributed by atoms with Crippen molar-refractivity contribution in [2.75, 3.05) is 33.9 Å². The highest BCUT2D eigenvalue weighted by Gasteiger charge is 2.55. The molecule has 1 fully saturated rings. The zero-order valence-corrected chi connectivity index (χ0v) is 18.2. The molecule has 0 bridgehead atoms. The lowest BCUT2D eigenvalue weighted by molar-refractivity contribution is 0.0559. The number of hydrogen-bond donors (Lipinski definition) is 0. The topological polar surface area (TPSA) is 76.2 Å². The quantitative estimate of drug-likeness (QED) is 0.757. The summed E-state index contributed by atoms with van der Waals surface area (Å²) in [4.78, 5) is 43.8. The number of carbonyl (C=O) groups is 3. The average molecular weight is 422 g/mol. The molecule has 2 aromatic rings. The van der Waals surface area contributed by atoms with Crippen molar-refractivity contribution in [1.29, 1.82) is 0 Å². The van der Waals surface area contributed by atoms with Crippen molar-refractivity contribution in [3.8, 4) is 11.5 Å². The molecule has 2 aromatic carbocycles. The van der Waals surface area contributed by atoms with Gasteiger partial charge >= 0.3 is 0 Å². The molecular formula is C24H26N2O5. The Balaban J connectivity index is 1.78. The molecule has 0 radical (unpaired) electrons. The van der Waals surface area contributed by atoms with Crippen LogP contribution < -0.4 is 9.47 Å². The molecular weight excluding hydrogens is 396 g/mol. The molecule has 2 atom stereocenters. The van der Waals surface area contributed by atoms with E-state index in [0.717, 1.165) is 0 Å². The fraction of sp³-hybridized carbons (Fsp3) is 0.375. The molecule has 0 saturated carbocycles. The zero-order chi connectivity index (χ0) is 22.3.